The van der Waals surface area contributed by atoms with E-state index in [-0.39, 0.29) is 43.5 Å². The van der Waals surface area contributed by atoms with Gasteiger partial charge in [0.25, 0.3) is 0 Å². The number of rotatable bonds is 8. The van der Waals surface area contributed by atoms with E-state index in [9.17, 15) is 39.5 Å². The van der Waals surface area contributed by atoms with Gasteiger partial charge >= 0.3 is 18.5 Å². The molecule has 3 nitrogen and oxygen atoms in total. The molecule has 3 aromatic rings. The average molecular weight is 604 g/mol. The molecule has 0 aromatic heterocycles. The van der Waals surface area contributed by atoms with Gasteiger partial charge in [-0.15, -0.1) is 36.2 Å². The van der Waals surface area contributed by atoms with E-state index in [0.29, 0.717) is 0 Å². The van der Waals surface area contributed by atoms with Crippen LogP contribution in [0.1, 0.15) is 16.7 Å². The Morgan fingerprint density at radius 2 is 1.03 bits per heavy atom. The minimum absolute atomic E-state index is 0.00195. The van der Waals surface area contributed by atoms with Gasteiger partial charge < -0.3 is 16.4 Å². The van der Waals surface area contributed by atoms with Gasteiger partial charge in [-0.3, -0.25) is 0 Å². The van der Waals surface area contributed by atoms with Gasteiger partial charge in [0, 0.05) is 31.7 Å². The number of hydrogen-bond acceptors (Lipinski definition) is 6. The standard InChI is InChI=1S/C23H18F9N3S3/c24-21(25,26)12-2-5-16(18(36)7-12)34-10-38-20-9-14(23(30,31)32)3-6-17(20)35-11-37-19-8-13(22(27,28)29)1-4-15(19)33/h1-9,34-36H,10-11,33H2. The molecule has 4 N–H and O–H groups in total. The molecule has 206 valence electrons. The minimum Gasteiger partial charge on any atom is -0.398 e. The maximum Gasteiger partial charge on any atom is 0.416 e. The van der Waals surface area contributed by atoms with Crippen LogP contribution in [0.4, 0.5) is 56.6 Å². The lowest BCUT2D eigenvalue weighted by Crippen LogP contribution is -2.08. The highest BCUT2D eigenvalue weighted by Gasteiger charge is 2.32. The third-order valence-corrected chi connectivity index (χ3v) is 7.22. The Morgan fingerprint density at radius 3 is 1.55 bits per heavy atom. The second kappa shape index (κ2) is 11.7. The van der Waals surface area contributed by atoms with Crippen LogP contribution in [0.3, 0.4) is 0 Å². The summed E-state index contributed by atoms with van der Waals surface area (Å²) in [5.74, 6) is -0.0415. The van der Waals surface area contributed by atoms with Gasteiger partial charge in [-0.05, 0) is 54.6 Å². The van der Waals surface area contributed by atoms with Gasteiger partial charge in [0.05, 0.1) is 28.4 Å². The molecule has 15 heteroatoms. The quantitative estimate of drug-likeness (QED) is 0.0681. The zero-order chi connectivity index (χ0) is 28.3. The first-order chi connectivity index (χ1) is 17.6. The minimum atomic E-state index is -4.63. The Hall–Kier alpha value is -2.52. The Kier molecular flexibility index (Phi) is 9.24. The zero-order valence-corrected chi connectivity index (χ0v) is 21.4. The third-order valence-electron chi connectivity index (χ3n) is 4.96. The number of thiol groups is 1. The van der Waals surface area contributed by atoms with Crippen LogP contribution in [0.25, 0.3) is 0 Å². The van der Waals surface area contributed by atoms with Gasteiger partial charge in [-0.1, -0.05) is 0 Å². The van der Waals surface area contributed by atoms with E-state index in [1.54, 1.807) is 0 Å². The summed E-state index contributed by atoms with van der Waals surface area (Å²) < 4.78 is 117. The van der Waals surface area contributed by atoms with Crippen molar-refractivity contribution in [3.05, 3.63) is 71.3 Å². The molecule has 0 amide bonds. The fourth-order valence-electron chi connectivity index (χ4n) is 3.04. The highest BCUT2D eigenvalue weighted by Crippen LogP contribution is 2.38. The van der Waals surface area contributed by atoms with Crippen LogP contribution in [0.15, 0.2) is 69.3 Å². The molecule has 0 bridgehead atoms. The van der Waals surface area contributed by atoms with Gasteiger partial charge in [0.15, 0.2) is 0 Å². The first-order valence-corrected chi connectivity index (χ1v) is 12.8. The number of thioether (sulfide) groups is 2. The van der Waals surface area contributed by atoms with Gasteiger partial charge in [-0.2, -0.15) is 39.5 Å². The summed E-state index contributed by atoms with van der Waals surface area (Å²) in [5, 5.41) is 5.70. The predicted octanol–water partition coefficient (Wildman–Crippen LogP) is 8.94. The third kappa shape index (κ3) is 7.99. The lowest BCUT2D eigenvalue weighted by Gasteiger charge is -2.17. The molecular formula is C23H18F9N3S3. The van der Waals surface area contributed by atoms with E-state index < -0.39 is 35.2 Å². The van der Waals surface area contributed by atoms with Crippen LogP contribution < -0.4 is 16.4 Å². The van der Waals surface area contributed by atoms with Crippen molar-refractivity contribution in [3.63, 3.8) is 0 Å². The molecule has 3 aromatic carbocycles. The number of nitrogen functional groups attached to an aromatic ring is 1. The van der Waals surface area contributed by atoms with E-state index in [2.05, 4.69) is 23.3 Å². The summed E-state index contributed by atoms with van der Waals surface area (Å²) in [5.41, 5.74) is 3.65. The van der Waals surface area contributed by atoms with Crippen molar-refractivity contribution in [3.8, 4) is 0 Å². The molecule has 3 rings (SSSR count). The molecule has 0 aliphatic rings. The first-order valence-electron chi connectivity index (χ1n) is 10.4. The summed E-state index contributed by atoms with van der Waals surface area (Å²) in [6.45, 7) is 0. The summed E-state index contributed by atoms with van der Waals surface area (Å²) in [6, 6.07) is 8.61. The highest BCUT2D eigenvalue weighted by molar-refractivity contribution is 8.00. The molecule has 0 heterocycles. The number of benzene rings is 3. The normalized spacial score (nSPS) is 12.5. The maximum absolute atomic E-state index is 13.3. The summed E-state index contributed by atoms with van der Waals surface area (Å²) in [7, 11) is 0. The fourth-order valence-corrected chi connectivity index (χ4v) is 5.05. The summed E-state index contributed by atoms with van der Waals surface area (Å²) in [4.78, 5) is 0.286. The largest absolute Gasteiger partial charge is 0.416 e. The number of alkyl halides is 9. The summed E-state index contributed by atoms with van der Waals surface area (Å²) >= 11 is 5.90. The molecule has 0 aliphatic carbocycles. The lowest BCUT2D eigenvalue weighted by atomic mass is 10.2. The molecule has 0 saturated carbocycles. The second-order valence-electron chi connectivity index (χ2n) is 7.62. The van der Waals surface area contributed by atoms with Crippen molar-refractivity contribution in [2.24, 2.45) is 0 Å². The van der Waals surface area contributed by atoms with Crippen LogP contribution in [0.2, 0.25) is 0 Å². The maximum atomic E-state index is 13.3. The van der Waals surface area contributed by atoms with Crippen molar-refractivity contribution >= 4 is 53.2 Å². The van der Waals surface area contributed by atoms with Crippen LogP contribution in [0.5, 0.6) is 0 Å². The van der Waals surface area contributed by atoms with Crippen LogP contribution in [-0.2, 0) is 18.5 Å². The smallest absolute Gasteiger partial charge is 0.398 e. The zero-order valence-electron chi connectivity index (χ0n) is 18.9. The Labute approximate surface area is 225 Å². The average Bonchev–Trinajstić information content (AvgIpc) is 2.80. The lowest BCUT2D eigenvalue weighted by molar-refractivity contribution is -0.138. The van der Waals surface area contributed by atoms with E-state index in [0.717, 1.165) is 72.1 Å². The number of anilines is 3. The Bertz CT molecular complexity index is 1280. The molecule has 0 saturated heterocycles. The van der Waals surface area contributed by atoms with Crippen molar-refractivity contribution in [2.45, 2.75) is 33.2 Å². The number of nitrogens with one attached hydrogen (secondary N) is 2. The molecule has 0 atom stereocenters. The van der Waals surface area contributed by atoms with E-state index in [1.165, 1.54) is 6.07 Å². The van der Waals surface area contributed by atoms with Crippen LogP contribution in [0, 0.1) is 0 Å². The van der Waals surface area contributed by atoms with E-state index >= 15 is 0 Å². The van der Waals surface area contributed by atoms with Gasteiger partial charge in [0.1, 0.15) is 0 Å². The van der Waals surface area contributed by atoms with Crippen LogP contribution in [-0.4, -0.2) is 11.8 Å². The predicted molar refractivity (Wildman–Crippen MR) is 135 cm³/mol. The monoisotopic (exact) mass is 603 g/mol. The van der Waals surface area contributed by atoms with Crippen molar-refractivity contribution in [1.82, 2.24) is 0 Å². The molecule has 0 spiro atoms. The second-order valence-corrected chi connectivity index (χ2v) is 10.1. The SMILES string of the molecule is Nc1ccc(C(F)(F)F)cc1SCNc1ccc(C(F)(F)F)cc1SCNc1ccc(C(F)(F)F)cc1S. The fraction of sp³-hybridized carbons (Fsp3) is 0.217. The molecule has 0 fully saturated rings. The first kappa shape index (κ1) is 30.0. The molecular weight excluding hydrogens is 585 g/mol. The molecule has 0 unspecified atom stereocenters. The van der Waals surface area contributed by atoms with Crippen molar-refractivity contribution in [2.75, 3.05) is 28.1 Å². The Balaban J connectivity index is 1.73. The molecule has 0 radical (unpaired) electrons. The van der Waals surface area contributed by atoms with Crippen molar-refractivity contribution < 1.29 is 39.5 Å². The highest BCUT2D eigenvalue weighted by atomic mass is 32.2. The Morgan fingerprint density at radius 1 is 0.605 bits per heavy atom. The van der Waals surface area contributed by atoms with E-state index in [4.69, 9.17) is 5.73 Å². The number of nitrogens with two attached hydrogens (primary N) is 1. The molecule has 0 aliphatic heterocycles. The summed E-state index contributed by atoms with van der Waals surface area (Å²) in [6.07, 6.45) is -13.8. The molecule has 38 heavy (non-hydrogen) atoms. The number of halogens is 9. The number of hydrogen-bond donors (Lipinski definition) is 4. The van der Waals surface area contributed by atoms with Gasteiger partial charge in [-0.25, -0.2) is 0 Å². The van der Waals surface area contributed by atoms with E-state index in [1.807, 2.05) is 0 Å². The van der Waals surface area contributed by atoms with Crippen LogP contribution >= 0.6 is 36.2 Å². The van der Waals surface area contributed by atoms with Crippen molar-refractivity contribution in [1.29, 1.82) is 0 Å². The topological polar surface area (TPSA) is 50.1 Å². The van der Waals surface area contributed by atoms with Gasteiger partial charge in [0.2, 0.25) is 0 Å².